The smallest absolute Gasteiger partial charge is 0.262 e. The van der Waals surface area contributed by atoms with Crippen molar-refractivity contribution in [3.8, 4) is 5.75 Å². The van der Waals surface area contributed by atoms with Gasteiger partial charge in [0.1, 0.15) is 5.75 Å². The van der Waals surface area contributed by atoms with Gasteiger partial charge in [0.25, 0.3) is 11.8 Å². The first-order valence-electron chi connectivity index (χ1n) is 9.02. The number of rotatable bonds is 7. The van der Waals surface area contributed by atoms with Gasteiger partial charge in [-0.25, -0.2) is 0 Å². The molecular weight excluding hydrogens is 434 g/mol. The van der Waals surface area contributed by atoms with Crippen molar-refractivity contribution in [1.29, 1.82) is 0 Å². The summed E-state index contributed by atoms with van der Waals surface area (Å²) < 4.78 is 6.53. The van der Waals surface area contributed by atoms with Crippen LogP contribution >= 0.6 is 15.9 Å². The summed E-state index contributed by atoms with van der Waals surface area (Å²) in [6.07, 6.45) is 1.68. The summed E-state index contributed by atoms with van der Waals surface area (Å²) in [7, 11) is 0. The van der Waals surface area contributed by atoms with Crippen LogP contribution in [-0.2, 0) is 4.79 Å². The second kappa shape index (κ2) is 9.84. The van der Waals surface area contributed by atoms with Gasteiger partial charge in [0.05, 0.1) is 17.3 Å². The average Bonchev–Trinajstić information content (AvgIpc) is 2.74. The summed E-state index contributed by atoms with van der Waals surface area (Å²) >= 11 is 3.35. The van der Waals surface area contributed by atoms with E-state index in [0.29, 0.717) is 17.0 Å². The number of aromatic nitrogens is 1. The molecular formula is C22H20BrN3O3. The lowest BCUT2D eigenvalue weighted by atomic mass is 10.1. The first kappa shape index (κ1) is 20.5. The van der Waals surface area contributed by atoms with E-state index in [1.807, 2.05) is 37.3 Å². The monoisotopic (exact) mass is 453 g/mol. The summed E-state index contributed by atoms with van der Waals surface area (Å²) in [6, 6.07) is 19.3. The lowest BCUT2D eigenvalue weighted by molar-refractivity contribution is -0.118. The van der Waals surface area contributed by atoms with E-state index in [4.69, 9.17) is 4.74 Å². The third kappa shape index (κ3) is 5.89. The quantitative estimate of drug-likeness (QED) is 0.556. The Hall–Kier alpha value is -3.19. The van der Waals surface area contributed by atoms with Crippen molar-refractivity contribution in [3.05, 3.63) is 88.7 Å². The maximum absolute atomic E-state index is 12.7. The summed E-state index contributed by atoms with van der Waals surface area (Å²) in [4.78, 5) is 29.1. The number of carbonyl (C=O) groups is 2. The standard InChI is InChI=1S/C22H20BrN3O3/c1-15(19-7-4-5-13-24-19)25-22(28)18-6-2-3-8-20(18)29-14-21(27)26-17-11-9-16(23)10-12-17/h2-13,15H,14H2,1H3,(H,25,28)(H,26,27). The van der Waals surface area contributed by atoms with Crippen molar-refractivity contribution in [2.45, 2.75) is 13.0 Å². The average molecular weight is 454 g/mol. The van der Waals surface area contributed by atoms with Crippen molar-refractivity contribution < 1.29 is 14.3 Å². The first-order chi connectivity index (χ1) is 14.0. The Kier molecular flexibility index (Phi) is 6.97. The third-order valence-electron chi connectivity index (χ3n) is 4.10. The Morgan fingerprint density at radius 1 is 1.03 bits per heavy atom. The molecule has 0 aliphatic carbocycles. The van der Waals surface area contributed by atoms with Crippen molar-refractivity contribution in [2.75, 3.05) is 11.9 Å². The predicted molar refractivity (Wildman–Crippen MR) is 115 cm³/mol. The molecule has 7 heteroatoms. The van der Waals surface area contributed by atoms with E-state index in [1.165, 1.54) is 0 Å². The molecule has 3 aromatic rings. The highest BCUT2D eigenvalue weighted by atomic mass is 79.9. The Labute approximate surface area is 177 Å². The first-order valence-corrected chi connectivity index (χ1v) is 9.81. The zero-order valence-electron chi connectivity index (χ0n) is 15.8. The van der Waals surface area contributed by atoms with E-state index in [9.17, 15) is 9.59 Å². The molecule has 1 heterocycles. The fourth-order valence-electron chi connectivity index (χ4n) is 2.63. The number of amides is 2. The Balaban J connectivity index is 1.61. The van der Waals surface area contributed by atoms with Gasteiger partial charge in [0.15, 0.2) is 6.61 Å². The second-order valence-corrected chi connectivity index (χ2v) is 7.21. The van der Waals surface area contributed by atoms with Gasteiger partial charge < -0.3 is 15.4 Å². The van der Waals surface area contributed by atoms with Crippen LogP contribution in [0.1, 0.15) is 29.0 Å². The number of para-hydroxylation sites is 1. The maximum Gasteiger partial charge on any atom is 0.262 e. The molecule has 0 aliphatic rings. The van der Waals surface area contributed by atoms with Gasteiger partial charge >= 0.3 is 0 Å². The number of ether oxygens (including phenoxy) is 1. The van der Waals surface area contributed by atoms with Gasteiger partial charge in [0, 0.05) is 16.4 Å². The van der Waals surface area contributed by atoms with Crippen molar-refractivity contribution >= 4 is 33.4 Å². The van der Waals surface area contributed by atoms with Gasteiger partial charge in [-0.3, -0.25) is 14.6 Å². The van der Waals surface area contributed by atoms with E-state index in [-0.39, 0.29) is 24.5 Å². The van der Waals surface area contributed by atoms with Gasteiger partial charge in [-0.1, -0.05) is 34.1 Å². The van der Waals surface area contributed by atoms with Crippen molar-refractivity contribution in [1.82, 2.24) is 10.3 Å². The molecule has 148 valence electrons. The Bertz CT molecular complexity index is 978. The van der Waals surface area contributed by atoms with E-state index >= 15 is 0 Å². The van der Waals surface area contributed by atoms with E-state index in [1.54, 1.807) is 42.6 Å². The summed E-state index contributed by atoms with van der Waals surface area (Å²) in [5.74, 6) is -0.277. The number of carbonyl (C=O) groups excluding carboxylic acids is 2. The van der Waals surface area contributed by atoms with Gasteiger partial charge in [-0.05, 0) is 55.5 Å². The SMILES string of the molecule is CC(NC(=O)c1ccccc1OCC(=O)Nc1ccc(Br)cc1)c1ccccn1. The van der Waals surface area contributed by atoms with Crippen LogP contribution in [0.2, 0.25) is 0 Å². The Morgan fingerprint density at radius 3 is 2.48 bits per heavy atom. The third-order valence-corrected chi connectivity index (χ3v) is 4.63. The highest BCUT2D eigenvalue weighted by Crippen LogP contribution is 2.20. The second-order valence-electron chi connectivity index (χ2n) is 6.29. The van der Waals surface area contributed by atoms with E-state index in [0.717, 1.165) is 10.2 Å². The van der Waals surface area contributed by atoms with Crippen LogP contribution in [0, 0.1) is 0 Å². The molecule has 0 aliphatic heterocycles. The molecule has 0 saturated carbocycles. The van der Waals surface area contributed by atoms with Crippen LogP contribution in [0.15, 0.2) is 77.4 Å². The molecule has 1 aromatic heterocycles. The number of hydrogen-bond acceptors (Lipinski definition) is 4. The summed E-state index contributed by atoms with van der Waals surface area (Å²) in [5.41, 5.74) is 1.77. The normalized spacial score (nSPS) is 11.4. The summed E-state index contributed by atoms with van der Waals surface area (Å²) in [6.45, 7) is 1.64. The highest BCUT2D eigenvalue weighted by molar-refractivity contribution is 9.10. The van der Waals surface area contributed by atoms with Gasteiger partial charge in [-0.15, -0.1) is 0 Å². The van der Waals surface area contributed by atoms with Crippen LogP contribution in [0.3, 0.4) is 0 Å². The topological polar surface area (TPSA) is 80.3 Å². The zero-order chi connectivity index (χ0) is 20.6. The fraction of sp³-hybridized carbons (Fsp3) is 0.136. The predicted octanol–water partition coefficient (Wildman–Crippen LogP) is 4.35. The molecule has 2 N–H and O–H groups in total. The Morgan fingerprint density at radius 2 is 1.76 bits per heavy atom. The molecule has 2 amide bonds. The van der Waals surface area contributed by atoms with Crippen LogP contribution in [0.25, 0.3) is 0 Å². The molecule has 0 saturated heterocycles. The number of anilines is 1. The number of halogens is 1. The number of nitrogens with one attached hydrogen (secondary N) is 2. The van der Waals surface area contributed by atoms with Crippen LogP contribution in [0.4, 0.5) is 5.69 Å². The molecule has 1 atom stereocenters. The largest absolute Gasteiger partial charge is 0.483 e. The molecule has 0 radical (unpaired) electrons. The number of nitrogens with zero attached hydrogens (tertiary/aromatic N) is 1. The number of benzene rings is 2. The fourth-order valence-corrected chi connectivity index (χ4v) is 2.90. The van der Waals surface area contributed by atoms with Crippen LogP contribution in [0.5, 0.6) is 5.75 Å². The maximum atomic E-state index is 12.7. The van der Waals surface area contributed by atoms with Crippen LogP contribution in [-0.4, -0.2) is 23.4 Å². The minimum atomic E-state index is -0.315. The highest BCUT2D eigenvalue weighted by Gasteiger charge is 2.16. The molecule has 2 aromatic carbocycles. The molecule has 0 spiro atoms. The van der Waals surface area contributed by atoms with Crippen molar-refractivity contribution in [2.24, 2.45) is 0 Å². The molecule has 0 bridgehead atoms. The molecule has 3 rings (SSSR count). The number of hydrogen-bond donors (Lipinski definition) is 2. The lowest BCUT2D eigenvalue weighted by Gasteiger charge is -2.15. The molecule has 6 nitrogen and oxygen atoms in total. The van der Waals surface area contributed by atoms with Gasteiger partial charge in [0.2, 0.25) is 0 Å². The number of pyridine rings is 1. The van der Waals surface area contributed by atoms with E-state index < -0.39 is 0 Å². The van der Waals surface area contributed by atoms with Gasteiger partial charge in [-0.2, -0.15) is 0 Å². The zero-order valence-corrected chi connectivity index (χ0v) is 17.3. The lowest BCUT2D eigenvalue weighted by Crippen LogP contribution is -2.28. The van der Waals surface area contributed by atoms with Crippen molar-refractivity contribution in [3.63, 3.8) is 0 Å². The minimum absolute atomic E-state index is 0.212. The summed E-state index contributed by atoms with van der Waals surface area (Å²) in [5, 5.41) is 5.65. The molecule has 0 fully saturated rings. The minimum Gasteiger partial charge on any atom is -0.483 e. The van der Waals surface area contributed by atoms with Crippen LogP contribution < -0.4 is 15.4 Å². The van der Waals surface area contributed by atoms with E-state index in [2.05, 4.69) is 31.5 Å². The molecule has 1 unspecified atom stereocenters. The molecule has 29 heavy (non-hydrogen) atoms.